The maximum Gasteiger partial charge on any atom is 0.303 e. The Labute approximate surface area is 86.9 Å². The van der Waals surface area contributed by atoms with Crippen molar-refractivity contribution in [2.24, 2.45) is 0 Å². The van der Waals surface area contributed by atoms with Crippen molar-refractivity contribution in [2.45, 2.75) is 18.8 Å². The number of para-hydroxylation sites is 1. The zero-order valence-corrected chi connectivity index (χ0v) is 8.06. The van der Waals surface area contributed by atoms with E-state index in [2.05, 4.69) is 5.32 Å². The third kappa shape index (κ3) is 1.83. The first-order valence-corrected chi connectivity index (χ1v) is 4.80. The highest BCUT2D eigenvalue weighted by Gasteiger charge is 2.29. The van der Waals surface area contributed by atoms with Gasteiger partial charge in [0.2, 0.25) is 5.91 Å². The van der Waals surface area contributed by atoms with Crippen molar-refractivity contribution in [2.75, 3.05) is 5.32 Å². The summed E-state index contributed by atoms with van der Waals surface area (Å²) in [5, 5.41) is 11.3. The smallest absolute Gasteiger partial charge is 0.303 e. The number of nitrogens with one attached hydrogen (secondary N) is 1. The summed E-state index contributed by atoms with van der Waals surface area (Å²) in [7, 11) is 0. The molecule has 0 saturated carbocycles. The summed E-state index contributed by atoms with van der Waals surface area (Å²) in [5.74, 6) is -1.28. The molecule has 0 spiro atoms. The number of benzene rings is 1. The van der Waals surface area contributed by atoms with Gasteiger partial charge in [-0.2, -0.15) is 0 Å². The van der Waals surface area contributed by atoms with E-state index in [9.17, 15) is 9.59 Å². The van der Waals surface area contributed by atoms with E-state index in [4.69, 9.17) is 5.11 Å². The summed E-state index contributed by atoms with van der Waals surface area (Å²) in [4.78, 5) is 22.0. The van der Waals surface area contributed by atoms with E-state index in [1.165, 1.54) is 0 Å². The van der Waals surface area contributed by atoms with Crippen molar-refractivity contribution in [3.8, 4) is 0 Å². The zero-order valence-electron chi connectivity index (χ0n) is 8.06. The molecule has 1 aromatic rings. The van der Waals surface area contributed by atoms with Crippen LogP contribution in [-0.2, 0) is 9.59 Å². The number of fused-ring (bicyclic) bond motifs is 1. The molecule has 0 radical (unpaired) electrons. The van der Waals surface area contributed by atoms with E-state index >= 15 is 0 Å². The van der Waals surface area contributed by atoms with Crippen LogP contribution in [0.15, 0.2) is 24.3 Å². The number of rotatable bonds is 3. The number of aliphatic carboxylic acids is 1. The van der Waals surface area contributed by atoms with E-state index in [1.807, 2.05) is 24.3 Å². The van der Waals surface area contributed by atoms with Gasteiger partial charge in [0.15, 0.2) is 0 Å². The van der Waals surface area contributed by atoms with Crippen LogP contribution in [0.2, 0.25) is 0 Å². The molecule has 0 fully saturated rings. The quantitative estimate of drug-likeness (QED) is 0.787. The van der Waals surface area contributed by atoms with Crippen LogP contribution in [0.1, 0.15) is 24.3 Å². The second kappa shape index (κ2) is 3.73. The van der Waals surface area contributed by atoms with Crippen molar-refractivity contribution in [1.29, 1.82) is 0 Å². The third-order valence-electron chi connectivity index (χ3n) is 2.56. The maximum absolute atomic E-state index is 11.5. The summed E-state index contributed by atoms with van der Waals surface area (Å²) in [6.45, 7) is 0. The normalized spacial score (nSPS) is 18.4. The summed E-state index contributed by atoms with van der Waals surface area (Å²) in [6, 6.07) is 7.39. The van der Waals surface area contributed by atoms with Gasteiger partial charge in [-0.05, 0) is 18.1 Å². The number of anilines is 1. The molecule has 0 aromatic heterocycles. The lowest BCUT2D eigenvalue weighted by Crippen LogP contribution is -2.13. The monoisotopic (exact) mass is 205 g/mol. The minimum atomic E-state index is -0.868. The molecule has 0 aliphatic carbocycles. The molecule has 0 saturated heterocycles. The van der Waals surface area contributed by atoms with Crippen LogP contribution in [0.3, 0.4) is 0 Å². The van der Waals surface area contributed by atoms with E-state index in [0.29, 0.717) is 6.42 Å². The molecular weight excluding hydrogens is 194 g/mol. The van der Waals surface area contributed by atoms with Gasteiger partial charge in [-0.3, -0.25) is 9.59 Å². The molecule has 1 aromatic carbocycles. The van der Waals surface area contributed by atoms with Crippen molar-refractivity contribution >= 4 is 17.6 Å². The van der Waals surface area contributed by atoms with E-state index in [1.54, 1.807) is 0 Å². The van der Waals surface area contributed by atoms with Crippen LogP contribution in [0, 0.1) is 0 Å². The second-order valence-corrected chi connectivity index (χ2v) is 3.56. The molecule has 1 amide bonds. The summed E-state index contributed by atoms with van der Waals surface area (Å²) < 4.78 is 0. The zero-order chi connectivity index (χ0) is 10.8. The van der Waals surface area contributed by atoms with Crippen LogP contribution in [0.25, 0.3) is 0 Å². The maximum atomic E-state index is 11.5. The molecule has 1 unspecified atom stereocenters. The SMILES string of the molecule is O=C(O)CCC1C(=O)Nc2ccccc21. The molecule has 0 bridgehead atoms. The molecule has 4 heteroatoms. The van der Waals surface area contributed by atoms with Crippen LogP contribution in [0.5, 0.6) is 0 Å². The Hall–Kier alpha value is -1.84. The molecule has 15 heavy (non-hydrogen) atoms. The minimum Gasteiger partial charge on any atom is -0.481 e. The molecule has 1 heterocycles. The van der Waals surface area contributed by atoms with Gasteiger partial charge in [0.25, 0.3) is 0 Å². The second-order valence-electron chi connectivity index (χ2n) is 3.56. The average Bonchev–Trinajstić information content (AvgIpc) is 2.50. The first-order chi connectivity index (χ1) is 7.18. The summed E-state index contributed by atoms with van der Waals surface area (Å²) in [5.41, 5.74) is 1.71. The molecule has 1 aliphatic rings. The first-order valence-electron chi connectivity index (χ1n) is 4.80. The van der Waals surface area contributed by atoms with Gasteiger partial charge in [-0.25, -0.2) is 0 Å². The highest BCUT2D eigenvalue weighted by molar-refractivity contribution is 6.02. The fourth-order valence-electron chi connectivity index (χ4n) is 1.83. The Morgan fingerprint density at radius 2 is 2.13 bits per heavy atom. The number of carbonyl (C=O) groups excluding carboxylic acids is 1. The number of amides is 1. The molecule has 4 nitrogen and oxygen atoms in total. The van der Waals surface area contributed by atoms with Gasteiger partial charge in [0.05, 0.1) is 5.92 Å². The molecule has 1 atom stereocenters. The average molecular weight is 205 g/mol. The topological polar surface area (TPSA) is 66.4 Å². The Morgan fingerprint density at radius 3 is 2.87 bits per heavy atom. The Morgan fingerprint density at radius 1 is 1.40 bits per heavy atom. The summed E-state index contributed by atoms with van der Waals surface area (Å²) in [6.07, 6.45) is 0.380. The Bertz CT molecular complexity index is 414. The summed E-state index contributed by atoms with van der Waals surface area (Å²) >= 11 is 0. The van der Waals surface area contributed by atoms with E-state index in [0.717, 1.165) is 11.3 Å². The third-order valence-corrected chi connectivity index (χ3v) is 2.56. The standard InChI is InChI=1S/C11H11NO3/c13-10(14)6-5-8-7-3-1-2-4-9(7)12-11(8)15/h1-4,8H,5-6H2,(H,12,15)(H,13,14). The highest BCUT2D eigenvalue weighted by Crippen LogP contribution is 2.34. The van der Waals surface area contributed by atoms with E-state index in [-0.39, 0.29) is 18.2 Å². The van der Waals surface area contributed by atoms with Crippen molar-refractivity contribution < 1.29 is 14.7 Å². The van der Waals surface area contributed by atoms with E-state index < -0.39 is 5.97 Å². The largest absolute Gasteiger partial charge is 0.481 e. The van der Waals surface area contributed by atoms with Crippen LogP contribution >= 0.6 is 0 Å². The number of carboxylic acid groups (broad SMARTS) is 1. The van der Waals surface area contributed by atoms with Gasteiger partial charge < -0.3 is 10.4 Å². The van der Waals surface area contributed by atoms with Gasteiger partial charge in [-0.1, -0.05) is 18.2 Å². The van der Waals surface area contributed by atoms with Gasteiger partial charge >= 0.3 is 5.97 Å². The van der Waals surface area contributed by atoms with Crippen molar-refractivity contribution in [3.05, 3.63) is 29.8 Å². The fourth-order valence-corrected chi connectivity index (χ4v) is 1.83. The molecular formula is C11H11NO3. The Kier molecular flexibility index (Phi) is 2.41. The van der Waals surface area contributed by atoms with Crippen molar-refractivity contribution in [3.63, 3.8) is 0 Å². The number of carbonyl (C=O) groups is 2. The highest BCUT2D eigenvalue weighted by atomic mass is 16.4. The van der Waals surface area contributed by atoms with Gasteiger partial charge in [0.1, 0.15) is 0 Å². The lowest BCUT2D eigenvalue weighted by atomic mass is 9.96. The van der Waals surface area contributed by atoms with Crippen molar-refractivity contribution in [1.82, 2.24) is 0 Å². The number of hydrogen-bond donors (Lipinski definition) is 2. The molecule has 2 N–H and O–H groups in total. The van der Waals surface area contributed by atoms with Gasteiger partial charge in [-0.15, -0.1) is 0 Å². The van der Waals surface area contributed by atoms with Gasteiger partial charge in [0, 0.05) is 12.1 Å². The molecule has 2 rings (SSSR count). The fraction of sp³-hybridized carbons (Fsp3) is 0.273. The lowest BCUT2D eigenvalue weighted by Gasteiger charge is -2.05. The molecule has 78 valence electrons. The van der Waals surface area contributed by atoms with Crippen LogP contribution in [0.4, 0.5) is 5.69 Å². The number of hydrogen-bond acceptors (Lipinski definition) is 2. The minimum absolute atomic E-state index is 0.0203. The van der Waals surface area contributed by atoms with Crippen LogP contribution in [-0.4, -0.2) is 17.0 Å². The number of carboxylic acids is 1. The Balaban J connectivity index is 2.18. The predicted molar refractivity (Wildman–Crippen MR) is 54.7 cm³/mol. The van der Waals surface area contributed by atoms with Crippen LogP contribution < -0.4 is 5.32 Å². The predicted octanol–water partition coefficient (Wildman–Crippen LogP) is 1.59. The first kappa shape index (κ1) is 9.71. The molecule has 1 aliphatic heterocycles. The lowest BCUT2D eigenvalue weighted by molar-refractivity contribution is -0.137.